The fraction of sp³-hybridized carbons (Fsp3) is 0.160. The van der Waals surface area contributed by atoms with Crippen LogP contribution >= 0.6 is 11.6 Å². The summed E-state index contributed by atoms with van der Waals surface area (Å²) in [6.07, 6.45) is -2.85. The molecule has 1 aliphatic rings. The van der Waals surface area contributed by atoms with Crippen molar-refractivity contribution < 1.29 is 31.5 Å². The topological polar surface area (TPSA) is 85.3 Å². The van der Waals surface area contributed by atoms with Gasteiger partial charge in [0.1, 0.15) is 23.1 Å². The Bertz CT molecular complexity index is 1510. The summed E-state index contributed by atoms with van der Waals surface area (Å²) in [6.45, 7) is -0.469. The number of ether oxygens (including phenoxy) is 1. The van der Waals surface area contributed by atoms with Crippen LogP contribution in [-0.2, 0) is 11.0 Å². The smallest absolute Gasteiger partial charge is 0.417 e. The second-order valence-electron chi connectivity index (χ2n) is 7.95. The molecular formula is C25H16ClF3N2O5. The van der Waals surface area contributed by atoms with E-state index in [0.29, 0.717) is 29.0 Å². The van der Waals surface area contributed by atoms with E-state index < -0.39 is 35.9 Å². The Morgan fingerprint density at radius 2 is 1.92 bits per heavy atom. The van der Waals surface area contributed by atoms with Gasteiger partial charge in [-0.2, -0.15) is 18.3 Å². The summed E-state index contributed by atoms with van der Waals surface area (Å²) in [7, 11) is 0. The molecule has 7 nitrogen and oxygen atoms in total. The number of amides is 1. The molecule has 1 atom stereocenters. The van der Waals surface area contributed by atoms with Crippen LogP contribution in [0.3, 0.4) is 0 Å². The summed E-state index contributed by atoms with van der Waals surface area (Å²) in [5, 5.41) is 5.99. The van der Waals surface area contributed by atoms with Crippen LogP contribution in [0.2, 0.25) is 5.02 Å². The number of carbonyl (C=O) groups is 1. The maximum Gasteiger partial charge on any atom is 0.417 e. The van der Waals surface area contributed by atoms with E-state index in [2.05, 4.69) is 5.10 Å². The van der Waals surface area contributed by atoms with Gasteiger partial charge in [0.25, 0.3) is 5.91 Å². The van der Waals surface area contributed by atoms with Gasteiger partial charge in [-0.15, -0.1) is 0 Å². The predicted octanol–water partition coefficient (Wildman–Crippen LogP) is 5.81. The lowest BCUT2D eigenvalue weighted by atomic mass is 10.0. The molecule has 0 saturated carbocycles. The maximum atomic E-state index is 13.3. The summed E-state index contributed by atoms with van der Waals surface area (Å²) >= 11 is 5.97. The Balaban J connectivity index is 1.38. The molecule has 4 aromatic rings. The number of alkyl halides is 3. The van der Waals surface area contributed by atoms with Crippen molar-refractivity contribution in [1.29, 1.82) is 0 Å². The minimum Gasteiger partial charge on any atom is -0.484 e. The van der Waals surface area contributed by atoms with E-state index in [9.17, 15) is 22.8 Å². The lowest BCUT2D eigenvalue weighted by Gasteiger charge is -2.20. The molecule has 0 radical (unpaired) electrons. The van der Waals surface area contributed by atoms with E-state index in [4.69, 9.17) is 25.2 Å². The highest BCUT2D eigenvalue weighted by molar-refractivity contribution is 6.30. The molecule has 0 spiro atoms. The third-order valence-corrected chi connectivity index (χ3v) is 5.85. The number of benzene rings is 2. The Hall–Kier alpha value is -4.05. The van der Waals surface area contributed by atoms with Crippen molar-refractivity contribution in [1.82, 2.24) is 5.01 Å². The summed E-state index contributed by atoms with van der Waals surface area (Å²) in [5.74, 6) is 0.0724. The Morgan fingerprint density at radius 1 is 1.14 bits per heavy atom. The summed E-state index contributed by atoms with van der Waals surface area (Å²) < 4.78 is 55.7. The molecule has 1 aliphatic heterocycles. The van der Waals surface area contributed by atoms with Crippen LogP contribution in [0, 0.1) is 0 Å². The Kier molecular flexibility index (Phi) is 6.05. The first-order valence-electron chi connectivity index (χ1n) is 10.7. The fourth-order valence-electron chi connectivity index (χ4n) is 3.94. The largest absolute Gasteiger partial charge is 0.484 e. The number of hydrogen-bond acceptors (Lipinski definition) is 6. The molecule has 0 unspecified atom stereocenters. The number of nitrogens with zero attached hydrogens (tertiary/aromatic N) is 2. The molecule has 0 saturated heterocycles. The van der Waals surface area contributed by atoms with Gasteiger partial charge in [0.2, 0.25) is 0 Å². The molecule has 0 aliphatic carbocycles. The quantitative estimate of drug-likeness (QED) is 0.312. The molecule has 0 fully saturated rings. The van der Waals surface area contributed by atoms with E-state index in [1.54, 1.807) is 36.4 Å². The van der Waals surface area contributed by atoms with Gasteiger partial charge in [0.05, 0.1) is 17.5 Å². The summed E-state index contributed by atoms with van der Waals surface area (Å²) in [5.41, 5.74) is -1.13. The minimum atomic E-state index is -4.73. The molecule has 0 bridgehead atoms. The third kappa shape index (κ3) is 4.72. The zero-order chi connectivity index (χ0) is 25.4. The third-order valence-electron chi connectivity index (χ3n) is 5.60. The zero-order valence-corrected chi connectivity index (χ0v) is 19.0. The van der Waals surface area contributed by atoms with Crippen molar-refractivity contribution in [2.45, 2.75) is 18.6 Å². The monoisotopic (exact) mass is 516 g/mol. The van der Waals surface area contributed by atoms with Gasteiger partial charge in [-0.3, -0.25) is 4.79 Å². The van der Waals surface area contributed by atoms with Crippen LogP contribution in [0.25, 0.3) is 11.0 Å². The molecule has 11 heteroatoms. The zero-order valence-electron chi connectivity index (χ0n) is 18.3. The van der Waals surface area contributed by atoms with Crippen LogP contribution in [0.1, 0.15) is 29.3 Å². The highest BCUT2D eigenvalue weighted by Crippen LogP contribution is 2.36. The van der Waals surface area contributed by atoms with Crippen molar-refractivity contribution in [3.8, 4) is 5.75 Å². The van der Waals surface area contributed by atoms with Crippen molar-refractivity contribution in [2.24, 2.45) is 5.10 Å². The normalized spacial score (nSPS) is 15.8. The molecule has 0 N–H and O–H groups in total. The predicted molar refractivity (Wildman–Crippen MR) is 124 cm³/mol. The van der Waals surface area contributed by atoms with Gasteiger partial charge >= 0.3 is 11.8 Å². The van der Waals surface area contributed by atoms with Gasteiger partial charge in [-0.25, -0.2) is 9.80 Å². The van der Waals surface area contributed by atoms with Crippen molar-refractivity contribution in [3.05, 3.63) is 99.3 Å². The minimum absolute atomic E-state index is 0.0500. The van der Waals surface area contributed by atoms with Gasteiger partial charge in [-0.1, -0.05) is 23.7 Å². The summed E-state index contributed by atoms with van der Waals surface area (Å²) in [4.78, 5) is 24.7. The van der Waals surface area contributed by atoms with E-state index in [0.717, 1.165) is 17.7 Å². The van der Waals surface area contributed by atoms with Crippen molar-refractivity contribution in [2.75, 3.05) is 6.61 Å². The number of hydrazone groups is 1. The lowest BCUT2D eigenvalue weighted by molar-refractivity contribution is -0.136. The highest BCUT2D eigenvalue weighted by atomic mass is 35.5. The number of halogens is 4. The fourth-order valence-corrected chi connectivity index (χ4v) is 4.06. The molecule has 5 rings (SSSR count). The SMILES string of the molecule is O=C(COc1ccc2c(C(F)(F)F)cc(=O)oc2c1)N1N=C(c2ccc(Cl)cc2)C[C@@H]1c1ccco1. The molecule has 1 amide bonds. The first-order chi connectivity index (χ1) is 17.2. The highest BCUT2D eigenvalue weighted by Gasteiger charge is 2.36. The number of furan rings is 1. The van der Waals surface area contributed by atoms with Crippen LogP contribution in [0.15, 0.2) is 85.7 Å². The van der Waals surface area contributed by atoms with Gasteiger partial charge in [0.15, 0.2) is 6.61 Å². The van der Waals surface area contributed by atoms with E-state index in [1.807, 2.05) is 0 Å². The van der Waals surface area contributed by atoms with Crippen LogP contribution in [0.4, 0.5) is 13.2 Å². The molecular weight excluding hydrogens is 501 g/mol. The van der Waals surface area contributed by atoms with Gasteiger partial charge < -0.3 is 13.6 Å². The number of fused-ring (bicyclic) bond motifs is 1. The second-order valence-corrected chi connectivity index (χ2v) is 8.39. The molecule has 184 valence electrons. The van der Waals surface area contributed by atoms with Crippen molar-refractivity contribution in [3.63, 3.8) is 0 Å². The van der Waals surface area contributed by atoms with Crippen LogP contribution < -0.4 is 10.4 Å². The number of hydrogen-bond donors (Lipinski definition) is 0. The average molecular weight is 517 g/mol. The van der Waals surface area contributed by atoms with Crippen LogP contribution in [-0.4, -0.2) is 23.2 Å². The average Bonchev–Trinajstić information content (AvgIpc) is 3.52. The molecule has 36 heavy (non-hydrogen) atoms. The molecule has 2 aromatic carbocycles. The first kappa shape index (κ1) is 23.7. The molecule has 3 heterocycles. The number of rotatable bonds is 5. The van der Waals surface area contributed by atoms with Gasteiger partial charge in [-0.05, 0) is 42.0 Å². The van der Waals surface area contributed by atoms with Crippen molar-refractivity contribution >= 4 is 34.2 Å². The molecule has 2 aromatic heterocycles. The maximum absolute atomic E-state index is 13.3. The van der Waals surface area contributed by atoms with E-state index in [1.165, 1.54) is 17.3 Å². The standard InChI is InChI=1S/C25H16ClF3N2O5/c26-15-5-3-14(4-6-15)19-12-20(21-2-1-9-34-21)31(30-19)23(32)13-35-16-7-8-17-18(25(27,28)29)11-24(33)36-22(17)10-16/h1-11,20H,12-13H2/t20-/m1/s1. The van der Waals surface area contributed by atoms with Crippen LogP contribution in [0.5, 0.6) is 5.75 Å². The number of carbonyl (C=O) groups excluding carboxylic acids is 1. The Labute approximate surface area is 206 Å². The second kappa shape index (κ2) is 9.19. The first-order valence-corrected chi connectivity index (χ1v) is 11.0. The lowest BCUT2D eigenvalue weighted by Crippen LogP contribution is -2.31. The summed E-state index contributed by atoms with van der Waals surface area (Å²) in [6, 6.07) is 13.9. The Morgan fingerprint density at radius 3 is 2.61 bits per heavy atom. The van der Waals surface area contributed by atoms with Gasteiger partial charge in [0, 0.05) is 29.0 Å². The van der Waals surface area contributed by atoms with E-state index in [-0.39, 0.29) is 16.7 Å². The van der Waals surface area contributed by atoms with E-state index >= 15 is 0 Å².